The van der Waals surface area contributed by atoms with Crippen molar-refractivity contribution in [2.24, 2.45) is 0 Å². The van der Waals surface area contributed by atoms with Gasteiger partial charge in [-0.1, -0.05) is 0 Å². The van der Waals surface area contributed by atoms with Crippen LogP contribution < -0.4 is 4.74 Å². The van der Waals surface area contributed by atoms with Crippen molar-refractivity contribution in [3.63, 3.8) is 0 Å². The smallest absolute Gasteiger partial charge is 0.141 e. The van der Waals surface area contributed by atoms with Gasteiger partial charge in [0.1, 0.15) is 5.75 Å². The maximum absolute atomic E-state index is 5.85. The van der Waals surface area contributed by atoms with Gasteiger partial charge < -0.3 is 9.64 Å². The SMILES string of the molecule is CN1CCCC1CCOc1cnccc1CCl. The van der Waals surface area contributed by atoms with Gasteiger partial charge in [0.15, 0.2) is 0 Å². The largest absolute Gasteiger partial charge is 0.492 e. The Bertz CT molecular complexity index is 359. The van der Waals surface area contributed by atoms with E-state index in [1.807, 2.05) is 6.07 Å². The number of likely N-dealkylation sites (tertiary alicyclic amines) is 1. The van der Waals surface area contributed by atoms with Crippen LogP contribution in [0.3, 0.4) is 0 Å². The van der Waals surface area contributed by atoms with Gasteiger partial charge in [0.2, 0.25) is 0 Å². The summed E-state index contributed by atoms with van der Waals surface area (Å²) < 4.78 is 5.76. The summed E-state index contributed by atoms with van der Waals surface area (Å²) in [6.07, 6.45) is 7.16. The highest BCUT2D eigenvalue weighted by Gasteiger charge is 2.20. The summed E-state index contributed by atoms with van der Waals surface area (Å²) in [5, 5.41) is 0. The highest BCUT2D eigenvalue weighted by atomic mass is 35.5. The molecule has 94 valence electrons. The standard InChI is InChI=1S/C13H19ClN2O/c1-16-7-2-3-12(16)5-8-17-13-10-15-6-4-11(13)9-14/h4,6,10,12H,2-3,5,7-9H2,1H3. The second kappa shape index (κ2) is 6.22. The van der Waals surface area contributed by atoms with Crippen LogP contribution in [0.2, 0.25) is 0 Å². The van der Waals surface area contributed by atoms with Gasteiger partial charge in [0.05, 0.1) is 18.7 Å². The zero-order chi connectivity index (χ0) is 12.1. The zero-order valence-electron chi connectivity index (χ0n) is 10.2. The lowest BCUT2D eigenvalue weighted by atomic mass is 10.1. The molecule has 0 N–H and O–H groups in total. The minimum Gasteiger partial charge on any atom is -0.492 e. The van der Waals surface area contributed by atoms with E-state index >= 15 is 0 Å². The van der Waals surface area contributed by atoms with Gasteiger partial charge >= 0.3 is 0 Å². The number of halogens is 1. The predicted molar refractivity (Wildman–Crippen MR) is 69.6 cm³/mol. The number of hydrogen-bond acceptors (Lipinski definition) is 3. The second-order valence-corrected chi connectivity index (χ2v) is 4.80. The van der Waals surface area contributed by atoms with Crippen LogP contribution in [-0.2, 0) is 5.88 Å². The van der Waals surface area contributed by atoms with E-state index in [9.17, 15) is 0 Å². The van der Waals surface area contributed by atoms with E-state index in [4.69, 9.17) is 16.3 Å². The van der Waals surface area contributed by atoms with Crippen LogP contribution in [-0.4, -0.2) is 36.1 Å². The van der Waals surface area contributed by atoms with Gasteiger partial charge in [0, 0.05) is 17.8 Å². The average Bonchev–Trinajstić information content (AvgIpc) is 2.76. The lowest BCUT2D eigenvalue weighted by Gasteiger charge is -2.19. The van der Waals surface area contributed by atoms with Crippen LogP contribution in [0.15, 0.2) is 18.5 Å². The summed E-state index contributed by atoms with van der Waals surface area (Å²) in [7, 11) is 2.19. The molecular formula is C13H19ClN2O. The lowest BCUT2D eigenvalue weighted by Crippen LogP contribution is -2.26. The van der Waals surface area contributed by atoms with E-state index in [-0.39, 0.29) is 0 Å². The Labute approximate surface area is 108 Å². The molecule has 1 atom stereocenters. The second-order valence-electron chi connectivity index (χ2n) is 4.53. The van der Waals surface area contributed by atoms with Crippen LogP contribution in [0.4, 0.5) is 0 Å². The summed E-state index contributed by atoms with van der Waals surface area (Å²) in [6.45, 7) is 1.95. The van der Waals surface area contributed by atoms with E-state index in [0.717, 1.165) is 24.3 Å². The molecule has 0 amide bonds. The minimum atomic E-state index is 0.473. The summed E-state index contributed by atoms with van der Waals surface area (Å²) >= 11 is 5.85. The number of alkyl halides is 1. The quantitative estimate of drug-likeness (QED) is 0.756. The number of hydrogen-bond donors (Lipinski definition) is 0. The fraction of sp³-hybridized carbons (Fsp3) is 0.615. The Kier molecular flexibility index (Phi) is 4.63. The predicted octanol–water partition coefficient (Wildman–Crippen LogP) is 2.68. The summed E-state index contributed by atoms with van der Waals surface area (Å²) in [5.74, 6) is 1.30. The first-order chi connectivity index (χ1) is 8.31. The number of ether oxygens (including phenoxy) is 1. The first-order valence-corrected chi connectivity index (χ1v) is 6.66. The van der Waals surface area contributed by atoms with Gasteiger partial charge in [-0.2, -0.15) is 0 Å². The van der Waals surface area contributed by atoms with Crippen molar-refractivity contribution in [1.82, 2.24) is 9.88 Å². The third-order valence-electron chi connectivity index (χ3n) is 3.39. The molecule has 0 radical (unpaired) electrons. The van der Waals surface area contributed by atoms with Crippen LogP contribution in [0.25, 0.3) is 0 Å². The third kappa shape index (κ3) is 3.33. The zero-order valence-corrected chi connectivity index (χ0v) is 11.0. The highest BCUT2D eigenvalue weighted by molar-refractivity contribution is 6.17. The van der Waals surface area contributed by atoms with Crippen molar-refractivity contribution in [2.75, 3.05) is 20.2 Å². The Balaban J connectivity index is 1.81. The molecule has 1 aromatic rings. The van der Waals surface area contributed by atoms with Crippen molar-refractivity contribution in [3.05, 3.63) is 24.0 Å². The van der Waals surface area contributed by atoms with Crippen molar-refractivity contribution >= 4 is 11.6 Å². The van der Waals surface area contributed by atoms with Crippen molar-refractivity contribution in [2.45, 2.75) is 31.2 Å². The summed E-state index contributed by atoms with van der Waals surface area (Å²) in [4.78, 5) is 6.48. The van der Waals surface area contributed by atoms with Crippen molar-refractivity contribution < 1.29 is 4.74 Å². The normalized spacial score (nSPS) is 20.7. The number of nitrogens with zero attached hydrogens (tertiary/aromatic N) is 2. The third-order valence-corrected chi connectivity index (χ3v) is 3.68. The van der Waals surface area contributed by atoms with Gasteiger partial charge in [-0.3, -0.25) is 4.98 Å². The summed E-state index contributed by atoms with van der Waals surface area (Å²) in [6, 6.07) is 2.58. The van der Waals surface area contributed by atoms with Gasteiger partial charge in [-0.05, 0) is 38.9 Å². The first kappa shape index (κ1) is 12.7. The van der Waals surface area contributed by atoms with Crippen LogP contribution in [0.1, 0.15) is 24.8 Å². The van der Waals surface area contributed by atoms with Gasteiger partial charge in [-0.25, -0.2) is 0 Å². The maximum Gasteiger partial charge on any atom is 0.141 e. The molecule has 0 spiro atoms. The molecule has 1 fully saturated rings. The molecule has 2 rings (SSSR count). The van der Waals surface area contributed by atoms with Crippen LogP contribution >= 0.6 is 11.6 Å². The topological polar surface area (TPSA) is 25.4 Å². The highest BCUT2D eigenvalue weighted by Crippen LogP contribution is 2.21. The number of rotatable bonds is 5. The molecule has 17 heavy (non-hydrogen) atoms. The lowest BCUT2D eigenvalue weighted by molar-refractivity contribution is 0.232. The van der Waals surface area contributed by atoms with E-state index in [1.165, 1.54) is 19.4 Å². The van der Waals surface area contributed by atoms with Crippen LogP contribution in [0.5, 0.6) is 5.75 Å². The summed E-state index contributed by atoms with van der Waals surface area (Å²) in [5.41, 5.74) is 1.02. The van der Waals surface area contributed by atoms with E-state index in [2.05, 4.69) is 16.9 Å². The monoisotopic (exact) mass is 254 g/mol. The van der Waals surface area contributed by atoms with E-state index < -0.39 is 0 Å². The van der Waals surface area contributed by atoms with Crippen LogP contribution in [0, 0.1) is 0 Å². The molecule has 2 heterocycles. The maximum atomic E-state index is 5.85. The molecule has 0 saturated carbocycles. The number of aromatic nitrogens is 1. The van der Waals surface area contributed by atoms with Crippen molar-refractivity contribution in [3.8, 4) is 5.75 Å². The molecule has 1 aromatic heterocycles. The minimum absolute atomic E-state index is 0.473. The Morgan fingerprint density at radius 3 is 3.18 bits per heavy atom. The fourth-order valence-corrected chi connectivity index (χ4v) is 2.52. The molecule has 1 saturated heterocycles. The molecule has 1 unspecified atom stereocenters. The Hall–Kier alpha value is -0.800. The van der Waals surface area contributed by atoms with Crippen molar-refractivity contribution in [1.29, 1.82) is 0 Å². The van der Waals surface area contributed by atoms with Gasteiger partial charge in [0.25, 0.3) is 0 Å². The fourth-order valence-electron chi connectivity index (χ4n) is 2.30. The van der Waals surface area contributed by atoms with E-state index in [0.29, 0.717) is 11.9 Å². The molecule has 1 aliphatic heterocycles. The molecule has 3 nitrogen and oxygen atoms in total. The Morgan fingerprint density at radius 1 is 1.59 bits per heavy atom. The van der Waals surface area contributed by atoms with Gasteiger partial charge in [-0.15, -0.1) is 11.6 Å². The van der Waals surface area contributed by atoms with E-state index in [1.54, 1.807) is 12.4 Å². The molecule has 0 aromatic carbocycles. The molecule has 0 bridgehead atoms. The molecule has 1 aliphatic rings. The molecular weight excluding hydrogens is 236 g/mol. The molecule has 0 aliphatic carbocycles. The molecule has 4 heteroatoms. The number of pyridine rings is 1. The first-order valence-electron chi connectivity index (χ1n) is 6.13. The average molecular weight is 255 g/mol. The Morgan fingerprint density at radius 2 is 2.47 bits per heavy atom.